The molecule has 0 N–H and O–H groups in total. The van der Waals surface area contributed by atoms with Gasteiger partial charge < -0.3 is 9.80 Å². The van der Waals surface area contributed by atoms with Gasteiger partial charge in [0.2, 0.25) is 0 Å². The van der Waals surface area contributed by atoms with Gasteiger partial charge in [0.15, 0.2) is 0 Å². The summed E-state index contributed by atoms with van der Waals surface area (Å²) in [5, 5.41) is 0. The zero-order valence-corrected chi connectivity index (χ0v) is 13.2. The molecule has 1 heterocycles. The third-order valence-electron chi connectivity index (χ3n) is 4.21. The second-order valence-electron chi connectivity index (χ2n) is 6.19. The van der Waals surface area contributed by atoms with E-state index in [1.807, 2.05) is 35.2 Å². The Morgan fingerprint density at radius 3 is 2.36 bits per heavy atom. The maximum absolute atomic E-state index is 12.9. The zero-order chi connectivity index (χ0) is 15.5. The lowest BCUT2D eigenvalue weighted by atomic mass is 9.93. The second-order valence-corrected chi connectivity index (χ2v) is 6.19. The third-order valence-corrected chi connectivity index (χ3v) is 4.21. The third kappa shape index (κ3) is 3.04. The summed E-state index contributed by atoms with van der Waals surface area (Å²) >= 11 is 0. The fraction of sp³-hybridized carbons (Fsp3) is 0.316. The average molecular weight is 294 g/mol. The van der Waals surface area contributed by atoms with Gasteiger partial charge in [-0.1, -0.05) is 42.5 Å². The van der Waals surface area contributed by atoms with Gasteiger partial charge in [0.25, 0.3) is 5.91 Å². The smallest absolute Gasteiger partial charge is 0.254 e. The molecule has 0 unspecified atom stereocenters. The maximum Gasteiger partial charge on any atom is 0.254 e. The predicted molar refractivity (Wildman–Crippen MR) is 88.8 cm³/mol. The lowest BCUT2D eigenvalue weighted by Gasteiger charge is -2.38. The van der Waals surface area contributed by atoms with E-state index in [4.69, 9.17) is 0 Å². The van der Waals surface area contributed by atoms with Crippen LogP contribution in [0, 0.1) is 0 Å². The van der Waals surface area contributed by atoms with E-state index in [-0.39, 0.29) is 11.9 Å². The molecule has 0 fully saturated rings. The first-order valence-corrected chi connectivity index (χ1v) is 7.72. The van der Waals surface area contributed by atoms with Crippen LogP contribution in [-0.4, -0.2) is 42.4 Å². The van der Waals surface area contributed by atoms with Gasteiger partial charge in [-0.25, -0.2) is 0 Å². The number of carbonyl (C=O) groups excluding carboxylic acids is 1. The molecular formula is C19H22N2O. The Bertz CT molecular complexity index is 651. The minimum atomic E-state index is 0.127. The van der Waals surface area contributed by atoms with Gasteiger partial charge in [-0.3, -0.25) is 4.79 Å². The molecule has 0 radical (unpaired) electrons. The fourth-order valence-electron chi connectivity index (χ4n) is 3.16. The average Bonchev–Trinajstić information content (AvgIpc) is 2.54. The largest absolute Gasteiger partial charge is 0.330 e. The normalized spacial score (nSPS) is 17.4. The van der Waals surface area contributed by atoms with Gasteiger partial charge in [-0.05, 0) is 43.8 Å². The molecule has 1 atom stereocenters. The van der Waals surface area contributed by atoms with Crippen LogP contribution in [0.3, 0.4) is 0 Å². The van der Waals surface area contributed by atoms with E-state index in [1.54, 1.807) is 0 Å². The van der Waals surface area contributed by atoms with E-state index in [2.05, 4.69) is 43.3 Å². The van der Waals surface area contributed by atoms with Crippen molar-refractivity contribution >= 4 is 5.91 Å². The molecule has 114 valence electrons. The summed E-state index contributed by atoms with van der Waals surface area (Å²) in [6, 6.07) is 18.3. The Balaban J connectivity index is 1.91. The zero-order valence-electron chi connectivity index (χ0n) is 13.2. The van der Waals surface area contributed by atoms with Gasteiger partial charge in [-0.15, -0.1) is 0 Å². The number of carbonyl (C=O) groups is 1. The summed E-state index contributed by atoms with van der Waals surface area (Å²) in [6.07, 6.45) is 0.924. The van der Waals surface area contributed by atoms with E-state index in [0.29, 0.717) is 6.54 Å². The molecule has 3 rings (SSSR count). The molecule has 0 bridgehead atoms. The van der Waals surface area contributed by atoms with Crippen LogP contribution in [0.2, 0.25) is 0 Å². The van der Waals surface area contributed by atoms with Gasteiger partial charge in [0, 0.05) is 24.7 Å². The topological polar surface area (TPSA) is 23.6 Å². The monoisotopic (exact) mass is 294 g/mol. The summed E-state index contributed by atoms with van der Waals surface area (Å²) in [4.78, 5) is 17.1. The quantitative estimate of drug-likeness (QED) is 0.869. The molecule has 0 aromatic heterocycles. The number of benzene rings is 2. The molecule has 1 aliphatic rings. The Hall–Kier alpha value is -2.13. The highest BCUT2D eigenvalue weighted by molar-refractivity contribution is 5.94. The minimum Gasteiger partial charge on any atom is -0.330 e. The van der Waals surface area contributed by atoms with Gasteiger partial charge >= 0.3 is 0 Å². The first kappa shape index (κ1) is 14.8. The first-order valence-electron chi connectivity index (χ1n) is 7.72. The standard InChI is InChI=1S/C19H22N2O/c1-20(2)14-18-12-16-10-6-7-11-17(16)13-21(18)19(22)15-8-4-3-5-9-15/h3-11,18H,12-14H2,1-2H3/t18-/m0/s1. The highest BCUT2D eigenvalue weighted by Crippen LogP contribution is 2.25. The summed E-state index contributed by atoms with van der Waals surface area (Å²) in [6.45, 7) is 1.58. The summed E-state index contributed by atoms with van der Waals surface area (Å²) < 4.78 is 0. The van der Waals surface area contributed by atoms with E-state index in [9.17, 15) is 4.79 Å². The Labute approximate surface area is 132 Å². The number of hydrogen-bond donors (Lipinski definition) is 0. The maximum atomic E-state index is 12.9. The lowest BCUT2D eigenvalue weighted by Crippen LogP contribution is -2.48. The molecule has 0 spiro atoms. The van der Waals surface area contributed by atoms with Crippen molar-refractivity contribution in [2.45, 2.75) is 19.0 Å². The number of fused-ring (bicyclic) bond motifs is 1. The van der Waals surface area contributed by atoms with Gasteiger partial charge in [-0.2, -0.15) is 0 Å². The van der Waals surface area contributed by atoms with Crippen LogP contribution in [0.1, 0.15) is 21.5 Å². The van der Waals surface area contributed by atoms with Crippen molar-refractivity contribution in [3.05, 3.63) is 71.3 Å². The van der Waals surface area contributed by atoms with Gasteiger partial charge in [0.1, 0.15) is 0 Å². The highest BCUT2D eigenvalue weighted by Gasteiger charge is 2.30. The van der Waals surface area contributed by atoms with Crippen LogP contribution < -0.4 is 0 Å². The van der Waals surface area contributed by atoms with Crippen LogP contribution >= 0.6 is 0 Å². The van der Waals surface area contributed by atoms with Crippen LogP contribution in [0.5, 0.6) is 0 Å². The van der Waals surface area contributed by atoms with Crippen molar-refractivity contribution in [3.8, 4) is 0 Å². The molecule has 2 aromatic carbocycles. The summed E-state index contributed by atoms with van der Waals surface area (Å²) in [5.74, 6) is 0.127. The van der Waals surface area contributed by atoms with Crippen molar-refractivity contribution in [1.29, 1.82) is 0 Å². The first-order chi connectivity index (χ1) is 10.6. The highest BCUT2D eigenvalue weighted by atomic mass is 16.2. The molecule has 3 nitrogen and oxygen atoms in total. The van der Waals surface area contributed by atoms with Crippen LogP contribution in [0.4, 0.5) is 0 Å². The fourth-order valence-corrected chi connectivity index (χ4v) is 3.16. The van der Waals surface area contributed by atoms with Crippen LogP contribution in [0.25, 0.3) is 0 Å². The number of likely N-dealkylation sites (N-methyl/N-ethyl adjacent to an activating group) is 1. The van der Waals surface area contributed by atoms with Gasteiger partial charge in [0.05, 0.1) is 0 Å². The lowest BCUT2D eigenvalue weighted by molar-refractivity contribution is 0.0606. The summed E-state index contributed by atoms with van der Waals surface area (Å²) in [7, 11) is 4.12. The minimum absolute atomic E-state index is 0.127. The van der Waals surface area contributed by atoms with E-state index < -0.39 is 0 Å². The Kier molecular flexibility index (Phi) is 4.25. The molecule has 0 aliphatic carbocycles. The number of hydrogen-bond acceptors (Lipinski definition) is 2. The Morgan fingerprint density at radius 2 is 1.68 bits per heavy atom. The second kappa shape index (κ2) is 6.32. The van der Waals surface area contributed by atoms with E-state index in [1.165, 1.54) is 11.1 Å². The molecule has 1 amide bonds. The molecule has 3 heteroatoms. The van der Waals surface area contributed by atoms with Crippen molar-refractivity contribution in [2.75, 3.05) is 20.6 Å². The van der Waals surface area contributed by atoms with E-state index in [0.717, 1.165) is 18.5 Å². The number of amides is 1. The molecular weight excluding hydrogens is 272 g/mol. The predicted octanol–water partition coefficient (Wildman–Crippen LogP) is 2.82. The van der Waals surface area contributed by atoms with Crippen molar-refractivity contribution < 1.29 is 4.79 Å². The van der Waals surface area contributed by atoms with Crippen LogP contribution in [0.15, 0.2) is 54.6 Å². The SMILES string of the molecule is CN(C)C[C@@H]1Cc2ccccc2CN1C(=O)c1ccccc1. The molecule has 2 aromatic rings. The Morgan fingerprint density at radius 1 is 1.05 bits per heavy atom. The summed E-state index contributed by atoms with van der Waals surface area (Å²) in [5.41, 5.74) is 3.40. The van der Waals surface area contributed by atoms with Crippen molar-refractivity contribution in [2.24, 2.45) is 0 Å². The molecule has 0 saturated carbocycles. The van der Waals surface area contributed by atoms with Crippen molar-refractivity contribution in [1.82, 2.24) is 9.80 Å². The molecule has 22 heavy (non-hydrogen) atoms. The van der Waals surface area contributed by atoms with E-state index >= 15 is 0 Å². The molecule has 1 aliphatic heterocycles. The van der Waals surface area contributed by atoms with Crippen molar-refractivity contribution in [3.63, 3.8) is 0 Å². The number of nitrogens with zero attached hydrogens (tertiary/aromatic N) is 2. The molecule has 0 saturated heterocycles. The van der Waals surface area contributed by atoms with Crippen LogP contribution in [-0.2, 0) is 13.0 Å². The number of rotatable bonds is 3.